The van der Waals surface area contributed by atoms with E-state index >= 15 is 0 Å². The lowest BCUT2D eigenvalue weighted by Gasteiger charge is -2.21. The zero-order valence-corrected chi connectivity index (χ0v) is 8.93. The van der Waals surface area contributed by atoms with Crippen LogP contribution in [0.3, 0.4) is 0 Å². The highest BCUT2D eigenvalue weighted by Crippen LogP contribution is 2.33. The van der Waals surface area contributed by atoms with Crippen molar-refractivity contribution in [1.82, 2.24) is 0 Å². The van der Waals surface area contributed by atoms with Gasteiger partial charge in [-0.05, 0) is 37.5 Å². The van der Waals surface area contributed by atoms with Gasteiger partial charge in [-0.3, -0.25) is 0 Å². The summed E-state index contributed by atoms with van der Waals surface area (Å²) < 4.78 is 0. The summed E-state index contributed by atoms with van der Waals surface area (Å²) in [6.45, 7) is 9.38. The first-order chi connectivity index (χ1) is 5.65. The molecule has 0 heterocycles. The minimum absolute atomic E-state index is 0.819. The van der Waals surface area contributed by atoms with E-state index in [0.29, 0.717) is 0 Å². The quantitative estimate of drug-likeness (QED) is 0.516. The summed E-state index contributed by atoms with van der Waals surface area (Å²) in [7, 11) is 0. The van der Waals surface area contributed by atoms with Gasteiger partial charge in [0.15, 0.2) is 0 Å². The van der Waals surface area contributed by atoms with E-state index < -0.39 is 0 Å². The van der Waals surface area contributed by atoms with Crippen molar-refractivity contribution in [3.63, 3.8) is 0 Å². The van der Waals surface area contributed by atoms with Gasteiger partial charge in [-0.25, -0.2) is 0 Å². The number of rotatable bonds is 1. The van der Waals surface area contributed by atoms with Crippen molar-refractivity contribution in [2.24, 2.45) is 17.8 Å². The lowest BCUT2D eigenvalue weighted by atomic mass is 9.84. The van der Waals surface area contributed by atoms with E-state index in [2.05, 4.69) is 33.8 Å². The molecule has 0 nitrogen and oxygen atoms in total. The molecule has 0 aromatic rings. The van der Waals surface area contributed by atoms with E-state index in [9.17, 15) is 0 Å². The molecule has 0 bridgehead atoms. The normalized spacial score (nSPS) is 37.3. The predicted octanol–water partition coefficient (Wildman–Crippen LogP) is 4.02. The molecule has 0 fully saturated rings. The van der Waals surface area contributed by atoms with Crippen molar-refractivity contribution in [2.45, 2.75) is 47.0 Å². The first-order valence-electron chi connectivity index (χ1n) is 5.31. The molecule has 0 aromatic carbocycles. The Morgan fingerprint density at radius 3 is 2.67 bits per heavy atom. The summed E-state index contributed by atoms with van der Waals surface area (Å²) in [5.41, 5.74) is 1.61. The van der Waals surface area contributed by atoms with Gasteiger partial charge in [0.1, 0.15) is 0 Å². The molecule has 0 saturated heterocycles. The number of allylic oxidation sites excluding steroid dienone is 2. The topological polar surface area (TPSA) is 0 Å². The molecular formula is C12H22. The van der Waals surface area contributed by atoms with Gasteiger partial charge in [0.05, 0.1) is 0 Å². The Hall–Kier alpha value is -0.260. The van der Waals surface area contributed by atoms with Crippen LogP contribution in [0.15, 0.2) is 11.6 Å². The highest BCUT2D eigenvalue weighted by molar-refractivity contribution is 5.05. The molecule has 3 atom stereocenters. The van der Waals surface area contributed by atoms with Crippen molar-refractivity contribution < 1.29 is 0 Å². The molecule has 0 saturated carbocycles. The lowest BCUT2D eigenvalue weighted by Crippen LogP contribution is -2.11. The van der Waals surface area contributed by atoms with E-state index in [0.717, 1.165) is 17.8 Å². The Labute approximate surface area is 77.1 Å². The Bertz CT molecular complexity index is 167. The molecule has 1 aliphatic rings. The fourth-order valence-electron chi connectivity index (χ4n) is 2.21. The Kier molecular flexibility index (Phi) is 3.37. The van der Waals surface area contributed by atoms with Gasteiger partial charge in [-0.2, -0.15) is 0 Å². The SMILES string of the molecule is CCC1CC(C)C(C)=CCC1C. The third kappa shape index (κ3) is 2.12. The highest BCUT2D eigenvalue weighted by Gasteiger charge is 2.21. The minimum atomic E-state index is 0.819. The van der Waals surface area contributed by atoms with Crippen molar-refractivity contribution in [1.29, 1.82) is 0 Å². The molecular weight excluding hydrogens is 144 g/mol. The van der Waals surface area contributed by atoms with E-state index in [-0.39, 0.29) is 0 Å². The van der Waals surface area contributed by atoms with Gasteiger partial charge in [0.2, 0.25) is 0 Å². The molecule has 0 N–H and O–H groups in total. The zero-order valence-electron chi connectivity index (χ0n) is 8.93. The maximum Gasteiger partial charge on any atom is -0.0232 e. The predicted molar refractivity (Wildman–Crippen MR) is 55.1 cm³/mol. The molecule has 70 valence electrons. The summed E-state index contributed by atoms with van der Waals surface area (Å²) in [5.74, 6) is 2.67. The van der Waals surface area contributed by atoms with E-state index in [1.165, 1.54) is 19.3 Å². The van der Waals surface area contributed by atoms with Gasteiger partial charge >= 0.3 is 0 Å². The molecule has 1 aliphatic carbocycles. The van der Waals surface area contributed by atoms with Crippen LogP contribution in [0.5, 0.6) is 0 Å². The highest BCUT2D eigenvalue weighted by atomic mass is 14.3. The molecule has 1 rings (SSSR count). The fraction of sp³-hybridized carbons (Fsp3) is 0.833. The summed E-state index contributed by atoms with van der Waals surface area (Å²) in [5, 5.41) is 0. The average molecular weight is 166 g/mol. The third-order valence-electron chi connectivity index (χ3n) is 3.57. The molecule has 0 amide bonds. The fourth-order valence-corrected chi connectivity index (χ4v) is 2.21. The van der Waals surface area contributed by atoms with Crippen LogP contribution in [-0.2, 0) is 0 Å². The second-order valence-corrected chi connectivity index (χ2v) is 4.47. The Morgan fingerprint density at radius 1 is 1.42 bits per heavy atom. The number of hydrogen-bond donors (Lipinski definition) is 0. The average Bonchev–Trinajstić information content (AvgIpc) is 2.18. The Morgan fingerprint density at radius 2 is 2.08 bits per heavy atom. The van der Waals surface area contributed by atoms with Crippen LogP contribution in [0.2, 0.25) is 0 Å². The van der Waals surface area contributed by atoms with Crippen molar-refractivity contribution >= 4 is 0 Å². The van der Waals surface area contributed by atoms with Gasteiger partial charge in [-0.15, -0.1) is 0 Å². The maximum atomic E-state index is 2.45. The standard InChI is InChI=1S/C12H22/c1-5-12-8-11(4)9(2)6-7-10(12)3/h6,10-12H,5,7-8H2,1-4H3. The van der Waals surface area contributed by atoms with Gasteiger partial charge in [-0.1, -0.05) is 38.8 Å². The minimum Gasteiger partial charge on any atom is -0.0851 e. The summed E-state index contributed by atoms with van der Waals surface area (Å²) in [6.07, 6.45) is 6.51. The lowest BCUT2D eigenvalue weighted by molar-refractivity contribution is 0.310. The zero-order chi connectivity index (χ0) is 9.14. The third-order valence-corrected chi connectivity index (χ3v) is 3.57. The molecule has 0 aliphatic heterocycles. The molecule has 0 aromatic heterocycles. The monoisotopic (exact) mass is 166 g/mol. The van der Waals surface area contributed by atoms with Crippen LogP contribution in [0.25, 0.3) is 0 Å². The molecule has 0 spiro atoms. The summed E-state index contributed by atoms with van der Waals surface area (Å²) in [6, 6.07) is 0. The Balaban J connectivity index is 2.64. The second kappa shape index (κ2) is 4.11. The largest absolute Gasteiger partial charge is 0.0851 e. The van der Waals surface area contributed by atoms with Crippen LogP contribution in [0.1, 0.15) is 47.0 Å². The first-order valence-corrected chi connectivity index (χ1v) is 5.31. The summed E-state index contributed by atoms with van der Waals surface area (Å²) in [4.78, 5) is 0. The van der Waals surface area contributed by atoms with Gasteiger partial charge in [0, 0.05) is 0 Å². The van der Waals surface area contributed by atoms with Crippen LogP contribution < -0.4 is 0 Å². The molecule has 0 radical (unpaired) electrons. The van der Waals surface area contributed by atoms with E-state index in [1.54, 1.807) is 5.57 Å². The second-order valence-electron chi connectivity index (χ2n) is 4.47. The van der Waals surface area contributed by atoms with Crippen LogP contribution in [0.4, 0.5) is 0 Å². The van der Waals surface area contributed by atoms with Crippen LogP contribution in [0, 0.1) is 17.8 Å². The van der Waals surface area contributed by atoms with Crippen molar-refractivity contribution in [3.05, 3.63) is 11.6 Å². The smallest absolute Gasteiger partial charge is 0.0232 e. The van der Waals surface area contributed by atoms with Gasteiger partial charge < -0.3 is 0 Å². The van der Waals surface area contributed by atoms with Crippen molar-refractivity contribution in [2.75, 3.05) is 0 Å². The number of hydrogen-bond acceptors (Lipinski definition) is 0. The maximum absolute atomic E-state index is 2.45. The summed E-state index contributed by atoms with van der Waals surface area (Å²) >= 11 is 0. The van der Waals surface area contributed by atoms with Crippen LogP contribution in [-0.4, -0.2) is 0 Å². The van der Waals surface area contributed by atoms with Gasteiger partial charge in [0.25, 0.3) is 0 Å². The van der Waals surface area contributed by atoms with Crippen molar-refractivity contribution in [3.8, 4) is 0 Å². The van der Waals surface area contributed by atoms with Crippen LogP contribution >= 0.6 is 0 Å². The molecule has 12 heavy (non-hydrogen) atoms. The first kappa shape index (κ1) is 9.83. The molecule has 3 unspecified atom stereocenters. The van der Waals surface area contributed by atoms with E-state index in [1.807, 2.05) is 0 Å². The molecule has 0 heteroatoms. The van der Waals surface area contributed by atoms with E-state index in [4.69, 9.17) is 0 Å².